The Balaban J connectivity index is 1.46. The smallest absolute Gasteiger partial charge is 0.410 e. The number of hydrogen-bond acceptors (Lipinski definition) is 10. The number of pyridine rings is 1. The van der Waals surface area contributed by atoms with Crippen molar-refractivity contribution >= 4 is 22.6 Å². The number of rotatable bonds is 19. The lowest BCUT2D eigenvalue weighted by atomic mass is 9.55. The highest BCUT2D eigenvalue weighted by molar-refractivity contribution is 6.03. The largest absolute Gasteiger partial charge is 0.487 e. The van der Waals surface area contributed by atoms with Gasteiger partial charge in [-0.25, -0.2) is 4.79 Å². The molecule has 2 heterocycles. The van der Waals surface area contributed by atoms with Crippen molar-refractivity contribution in [3.63, 3.8) is 0 Å². The molecule has 336 valence electrons. The predicted molar refractivity (Wildman–Crippen MR) is 246 cm³/mol. The SMILES string of the molecule is C=CCOC12Oc3ccc(OCc4cccc(C)n4)cc3C3C(CCCCO)C(CCCCO)C=C(C(=NOC(C)(C)C)CC1N(Cc1cccc4ccccc14)C(=O)OCC)C32. The van der Waals surface area contributed by atoms with E-state index in [4.69, 9.17) is 28.9 Å². The van der Waals surface area contributed by atoms with E-state index in [1.54, 1.807) is 11.0 Å². The van der Waals surface area contributed by atoms with E-state index in [2.05, 4.69) is 48.0 Å². The van der Waals surface area contributed by atoms with Gasteiger partial charge in [-0.2, -0.15) is 0 Å². The van der Waals surface area contributed by atoms with Crippen LogP contribution in [0.3, 0.4) is 0 Å². The number of amides is 1. The fraction of sp³-hybridized carbons (Fsp3) is 0.481. The number of ether oxygens (including phenoxy) is 4. The van der Waals surface area contributed by atoms with Crippen molar-refractivity contribution in [2.75, 3.05) is 26.4 Å². The summed E-state index contributed by atoms with van der Waals surface area (Å²) < 4.78 is 27.0. The number of aliphatic hydroxyl groups is 2. The van der Waals surface area contributed by atoms with Gasteiger partial charge in [0.15, 0.2) is 0 Å². The number of benzene rings is 3. The van der Waals surface area contributed by atoms with Crippen LogP contribution in [0.4, 0.5) is 4.79 Å². The van der Waals surface area contributed by atoms with Crippen LogP contribution in [-0.4, -0.2) is 75.8 Å². The Labute approximate surface area is 372 Å². The molecule has 7 rings (SSSR count). The molecule has 1 saturated carbocycles. The first-order chi connectivity index (χ1) is 30.5. The van der Waals surface area contributed by atoms with Gasteiger partial charge in [-0.05, 0) is 124 Å². The number of aryl methyl sites for hydroxylation is 1. The molecule has 3 aliphatic rings. The number of hydrogen-bond donors (Lipinski definition) is 2. The average Bonchev–Trinajstić information content (AvgIpc) is 3.27. The molecular weight excluding hydrogens is 795 g/mol. The fourth-order valence-electron chi connectivity index (χ4n) is 9.89. The van der Waals surface area contributed by atoms with Gasteiger partial charge in [0.25, 0.3) is 0 Å². The molecule has 3 aromatic carbocycles. The van der Waals surface area contributed by atoms with E-state index >= 15 is 0 Å². The van der Waals surface area contributed by atoms with E-state index in [0.29, 0.717) is 30.9 Å². The van der Waals surface area contributed by atoms with Crippen LogP contribution in [-0.2, 0) is 27.5 Å². The first-order valence-electron chi connectivity index (χ1n) is 22.7. The molecule has 6 atom stereocenters. The minimum atomic E-state index is -1.44. The molecule has 0 saturated heterocycles. The van der Waals surface area contributed by atoms with Crippen LogP contribution in [0, 0.1) is 24.7 Å². The van der Waals surface area contributed by atoms with Crippen molar-refractivity contribution in [2.24, 2.45) is 22.9 Å². The Morgan fingerprint density at radius 1 is 1.00 bits per heavy atom. The lowest BCUT2D eigenvalue weighted by Crippen LogP contribution is -2.70. The number of unbranched alkanes of at least 4 members (excludes halogenated alkanes) is 2. The fourth-order valence-corrected chi connectivity index (χ4v) is 9.89. The summed E-state index contributed by atoms with van der Waals surface area (Å²) in [7, 11) is 0. The zero-order valence-electron chi connectivity index (χ0n) is 37.6. The minimum Gasteiger partial charge on any atom is -0.487 e. The lowest BCUT2D eigenvalue weighted by Gasteiger charge is -2.60. The molecule has 6 unspecified atom stereocenters. The molecule has 1 amide bonds. The Bertz CT molecular complexity index is 2260. The van der Waals surface area contributed by atoms with E-state index in [1.807, 2.05) is 83.1 Å². The van der Waals surface area contributed by atoms with Crippen LogP contribution in [0.15, 0.2) is 108 Å². The van der Waals surface area contributed by atoms with Crippen molar-refractivity contribution in [2.45, 2.75) is 116 Å². The summed E-state index contributed by atoms with van der Waals surface area (Å²) in [5, 5.41) is 27.1. The highest BCUT2D eigenvalue weighted by Crippen LogP contribution is 2.62. The van der Waals surface area contributed by atoms with Crippen molar-refractivity contribution in [1.82, 2.24) is 9.88 Å². The van der Waals surface area contributed by atoms with Crippen LogP contribution >= 0.6 is 0 Å². The number of nitrogens with zero attached hydrogens (tertiary/aromatic N) is 3. The Morgan fingerprint density at radius 2 is 1.76 bits per heavy atom. The summed E-state index contributed by atoms with van der Waals surface area (Å²) in [4.78, 5) is 27.5. The van der Waals surface area contributed by atoms with Crippen molar-refractivity contribution < 1.29 is 38.8 Å². The molecule has 2 N–H and O–H groups in total. The Morgan fingerprint density at radius 3 is 2.51 bits per heavy atom. The van der Waals surface area contributed by atoms with E-state index in [1.165, 1.54) is 0 Å². The molecule has 1 aromatic heterocycles. The highest BCUT2D eigenvalue weighted by Gasteiger charge is 2.65. The summed E-state index contributed by atoms with van der Waals surface area (Å²) in [6, 6.07) is 25.5. The van der Waals surface area contributed by atoms with E-state index < -0.39 is 29.4 Å². The standard InChI is InChI=1S/C52H65N3O8/c1-7-29-61-52-47(55(50(58)59-8-2)33-38-21-16-20-36-18-9-10-23-41(36)38)32-45(54-63-51(4,5)6)43-30-37(19-11-13-27-56)42(24-12-14-28-57)48(49(43)52)44-31-40(25-26-46(44)62-52)60-34-39-22-15-17-35(3)53-39/h7,9-10,15-18,20-23,25-26,30-31,37,42,47-49,56-57H,1,8,11-14,19,24,27-29,32-34H2,2-6H3. The third-order valence-electron chi connectivity index (χ3n) is 12.5. The number of oxime groups is 1. The number of carbonyl (C=O) groups excluding carboxylic acids is 1. The maximum atomic E-state index is 14.7. The molecule has 0 radical (unpaired) electrons. The van der Waals surface area contributed by atoms with Gasteiger partial charge in [-0.15, -0.1) is 6.58 Å². The minimum absolute atomic E-state index is 0.0599. The third kappa shape index (κ3) is 10.3. The third-order valence-corrected chi connectivity index (χ3v) is 12.5. The molecular formula is C52H65N3O8. The maximum Gasteiger partial charge on any atom is 0.410 e. The molecule has 1 aliphatic heterocycles. The maximum absolute atomic E-state index is 14.7. The van der Waals surface area contributed by atoms with Crippen LogP contribution in [0.1, 0.15) is 101 Å². The molecule has 11 nitrogen and oxygen atoms in total. The van der Waals surface area contributed by atoms with Gasteiger partial charge in [-0.1, -0.05) is 78.7 Å². The number of carbonyl (C=O) groups is 1. The van der Waals surface area contributed by atoms with E-state index in [9.17, 15) is 15.0 Å². The second kappa shape index (κ2) is 20.5. The topological polar surface area (TPSA) is 132 Å². The van der Waals surface area contributed by atoms with Gasteiger partial charge in [0, 0.05) is 36.8 Å². The van der Waals surface area contributed by atoms with Gasteiger partial charge in [0.2, 0.25) is 5.79 Å². The highest BCUT2D eigenvalue weighted by atomic mass is 16.7. The van der Waals surface area contributed by atoms with Crippen LogP contribution < -0.4 is 9.47 Å². The molecule has 2 aliphatic carbocycles. The molecule has 0 bridgehead atoms. The first-order valence-corrected chi connectivity index (χ1v) is 22.7. The molecule has 11 heteroatoms. The van der Waals surface area contributed by atoms with Crippen molar-refractivity contribution in [1.29, 1.82) is 0 Å². The van der Waals surface area contributed by atoms with Gasteiger partial charge >= 0.3 is 6.09 Å². The number of allylic oxidation sites excluding steroid dienone is 1. The van der Waals surface area contributed by atoms with Gasteiger partial charge < -0.3 is 34.0 Å². The number of aliphatic hydroxyl groups excluding tert-OH is 2. The average molecular weight is 860 g/mol. The summed E-state index contributed by atoms with van der Waals surface area (Å²) >= 11 is 0. The quantitative estimate of drug-likeness (QED) is 0.0537. The lowest BCUT2D eigenvalue weighted by molar-refractivity contribution is -0.256. The van der Waals surface area contributed by atoms with Crippen LogP contribution in [0.25, 0.3) is 10.8 Å². The zero-order chi connectivity index (χ0) is 44.6. The van der Waals surface area contributed by atoms with E-state index in [-0.39, 0.29) is 57.1 Å². The summed E-state index contributed by atoms with van der Waals surface area (Å²) in [5.41, 5.74) is 4.77. The molecule has 4 aromatic rings. The zero-order valence-corrected chi connectivity index (χ0v) is 37.6. The van der Waals surface area contributed by atoms with Crippen LogP contribution in [0.5, 0.6) is 11.5 Å². The Hall–Kier alpha value is -5.23. The van der Waals surface area contributed by atoms with Gasteiger partial charge in [0.1, 0.15) is 29.7 Å². The Kier molecular flexibility index (Phi) is 14.9. The number of aromatic nitrogens is 1. The summed E-state index contributed by atoms with van der Waals surface area (Å²) in [6.07, 6.45) is 8.50. The monoisotopic (exact) mass is 859 g/mol. The van der Waals surface area contributed by atoms with Crippen LogP contribution in [0.2, 0.25) is 0 Å². The van der Waals surface area contributed by atoms with Crippen molar-refractivity contribution in [3.8, 4) is 11.5 Å². The second-order valence-electron chi connectivity index (χ2n) is 18.0. The van der Waals surface area contributed by atoms with Gasteiger partial charge in [-0.3, -0.25) is 9.88 Å². The van der Waals surface area contributed by atoms with Gasteiger partial charge in [0.05, 0.1) is 37.1 Å². The van der Waals surface area contributed by atoms with Crippen molar-refractivity contribution in [3.05, 3.63) is 126 Å². The number of fused-ring (bicyclic) bond motifs is 3. The first kappa shape index (κ1) is 45.8. The molecule has 1 fully saturated rings. The predicted octanol–water partition coefficient (Wildman–Crippen LogP) is 10.2. The molecule has 0 spiro atoms. The summed E-state index contributed by atoms with van der Waals surface area (Å²) in [6.45, 7) is 14.8. The molecule has 63 heavy (non-hydrogen) atoms. The normalized spacial score (nSPS) is 23.3. The summed E-state index contributed by atoms with van der Waals surface area (Å²) in [5.74, 6) is -0.639. The van der Waals surface area contributed by atoms with E-state index in [0.717, 1.165) is 70.3 Å². The second-order valence-corrected chi connectivity index (χ2v) is 18.0.